The lowest BCUT2D eigenvalue weighted by molar-refractivity contribution is -0.136. The maximum absolute atomic E-state index is 12.0. The molecule has 5 nitrogen and oxygen atoms in total. The van der Waals surface area contributed by atoms with Crippen molar-refractivity contribution in [1.82, 2.24) is 15.5 Å². The second-order valence-electron chi connectivity index (χ2n) is 4.91. The highest BCUT2D eigenvalue weighted by Gasteiger charge is 2.32. The van der Waals surface area contributed by atoms with Gasteiger partial charge in [-0.25, -0.2) is 0 Å². The van der Waals surface area contributed by atoms with Crippen molar-refractivity contribution >= 4 is 24.2 Å². The quantitative estimate of drug-likeness (QED) is 0.778. The highest BCUT2D eigenvalue weighted by molar-refractivity contribution is 5.87. The fraction of sp³-hybridized carbons (Fsp3) is 0.833. The lowest BCUT2D eigenvalue weighted by Crippen LogP contribution is -2.47. The van der Waals surface area contributed by atoms with Crippen molar-refractivity contribution in [2.24, 2.45) is 0 Å². The molecular formula is C12H22ClN3O2. The summed E-state index contributed by atoms with van der Waals surface area (Å²) in [6, 6.07) is 0.167. The molecular weight excluding hydrogens is 254 g/mol. The van der Waals surface area contributed by atoms with Gasteiger partial charge in [-0.15, -0.1) is 12.4 Å². The smallest absolute Gasteiger partial charge is 0.242 e. The van der Waals surface area contributed by atoms with Gasteiger partial charge < -0.3 is 15.5 Å². The van der Waals surface area contributed by atoms with Gasteiger partial charge >= 0.3 is 0 Å². The minimum Gasteiger partial charge on any atom is -0.353 e. The maximum Gasteiger partial charge on any atom is 0.242 e. The van der Waals surface area contributed by atoms with E-state index < -0.39 is 0 Å². The molecule has 2 amide bonds. The summed E-state index contributed by atoms with van der Waals surface area (Å²) in [4.78, 5) is 25.0. The Hall–Kier alpha value is -0.810. The third-order valence-electron chi connectivity index (χ3n) is 3.64. The van der Waals surface area contributed by atoms with Crippen molar-refractivity contribution in [2.45, 2.75) is 44.7 Å². The molecule has 2 aliphatic heterocycles. The van der Waals surface area contributed by atoms with E-state index in [1.807, 2.05) is 0 Å². The van der Waals surface area contributed by atoms with E-state index in [0.717, 1.165) is 32.4 Å². The highest BCUT2D eigenvalue weighted by atomic mass is 35.5. The number of nitrogens with zero attached hydrogens (tertiary/aromatic N) is 1. The molecule has 0 aromatic rings. The molecule has 0 bridgehead atoms. The molecule has 2 rings (SSSR count). The minimum atomic E-state index is -0.242. The van der Waals surface area contributed by atoms with Gasteiger partial charge in [-0.2, -0.15) is 0 Å². The SMILES string of the molecule is CC(=O)N1CCCC1C(=O)NCC1CCCN1.Cl. The zero-order valence-corrected chi connectivity index (χ0v) is 11.6. The molecule has 0 aliphatic carbocycles. The first-order valence-corrected chi connectivity index (χ1v) is 6.47. The molecule has 18 heavy (non-hydrogen) atoms. The Bertz CT molecular complexity index is 306. The van der Waals surface area contributed by atoms with Crippen molar-refractivity contribution in [1.29, 1.82) is 0 Å². The molecule has 0 aromatic heterocycles. The van der Waals surface area contributed by atoms with Crippen LogP contribution in [0.2, 0.25) is 0 Å². The standard InChI is InChI=1S/C12H21N3O2.ClH/c1-9(16)15-7-3-5-11(15)12(17)14-8-10-4-2-6-13-10;/h10-11,13H,2-8H2,1H3,(H,14,17);1H. The first-order chi connectivity index (χ1) is 8.18. The topological polar surface area (TPSA) is 61.4 Å². The molecule has 2 fully saturated rings. The number of carbonyl (C=O) groups is 2. The molecule has 2 N–H and O–H groups in total. The van der Waals surface area contributed by atoms with Crippen LogP contribution < -0.4 is 10.6 Å². The van der Waals surface area contributed by atoms with Crippen LogP contribution >= 0.6 is 12.4 Å². The summed E-state index contributed by atoms with van der Waals surface area (Å²) in [5.41, 5.74) is 0. The molecule has 0 spiro atoms. The summed E-state index contributed by atoms with van der Waals surface area (Å²) in [6.45, 7) is 3.98. The van der Waals surface area contributed by atoms with E-state index in [1.54, 1.807) is 4.90 Å². The number of halogens is 1. The largest absolute Gasteiger partial charge is 0.353 e. The molecule has 0 radical (unpaired) electrons. The zero-order valence-electron chi connectivity index (χ0n) is 10.8. The summed E-state index contributed by atoms with van der Waals surface area (Å²) in [6.07, 6.45) is 4.04. The number of rotatable bonds is 3. The number of likely N-dealkylation sites (tertiary alicyclic amines) is 1. The average molecular weight is 276 g/mol. The van der Waals surface area contributed by atoms with Gasteiger partial charge in [0.2, 0.25) is 11.8 Å². The third-order valence-corrected chi connectivity index (χ3v) is 3.64. The van der Waals surface area contributed by atoms with Gasteiger partial charge in [0, 0.05) is 26.1 Å². The van der Waals surface area contributed by atoms with Crippen LogP contribution in [0.1, 0.15) is 32.6 Å². The fourth-order valence-electron chi connectivity index (χ4n) is 2.69. The van der Waals surface area contributed by atoms with E-state index in [4.69, 9.17) is 0 Å². The van der Waals surface area contributed by atoms with Crippen molar-refractivity contribution < 1.29 is 9.59 Å². The Morgan fingerprint density at radius 2 is 2.11 bits per heavy atom. The molecule has 6 heteroatoms. The average Bonchev–Trinajstić information content (AvgIpc) is 2.96. The summed E-state index contributed by atoms with van der Waals surface area (Å²) in [5, 5.41) is 6.30. The van der Waals surface area contributed by atoms with Crippen LogP contribution in [0.4, 0.5) is 0 Å². The van der Waals surface area contributed by atoms with Gasteiger partial charge in [0.15, 0.2) is 0 Å². The van der Waals surface area contributed by atoms with Gasteiger partial charge in [-0.3, -0.25) is 9.59 Å². The number of amides is 2. The van der Waals surface area contributed by atoms with Crippen LogP contribution in [0.15, 0.2) is 0 Å². The van der Waals surface area contributed by atoms with Crippen LogP contribution in [-0.4, -0.2) is 48.4 Å². The van der Waals surface area contributed by atoms with Gasteiger partial charge in [0.05, 0.1) is 0 Å². The van der Waals surface area contributed by atoms with Crippen LogP contribution in [0.5, 0.6) is 0 Å². The first-order valence-electron chi connectivity index (χ1n) is 6.47. The van der Waals surface area contributed by atoms with Crippen molar-refractivity contribution in [3.63, 3.8) is 0 Å². The Kier molecular flexibility index (Phi) is 5.88. The van der Waals surface area contributed by atoms with Crippen LogP contribution in [0, 0.1) is 0 Å². The second kappa shape index (κ2) is 6.95. The highest BCUT2D eigenvalue weighted by Crippen LogP contribution is 2.17. The molecule has 2 unspecified atom stereocenters. The van der Waals surface area contributed by atoms with E-state index in [9.17, 15) is 9.59 Å². The predicted molar refractivity (Wildman–Crippen MR) is 71.7 cm³/mol. The Balaban J connectivity index is 0.00000162. The summed E-state index contributed by atoms with van der Waals surface area (Å²) < 4.78 is 0. The van der Waals surface area contributed by atoms with E-state index in [2.05, 4.69) is 10.6 Å². The maximum atomic E-state index is 12.0. The van der Waals surface area contributed by atoms with Gasteiger partial charge in [-0.05, 0) is 32.2 Å². The number of hydrogen-bond donors (Lipinski definition) is 2. The van der Waals surface area contributed by atoms with Gasteiger partial charge in [-0.1, -0.05) is 0 Å². The Morgan fingerprint density at radius 3 is 2.72 bits per heavy atom. The van der Waals surface area contributed by atoms with Crippen molar-refractivity contribution in [2.75, 3.05) is 19.6 Å². The summed E-state index contributed by atoms with van der Waals surface area (Å²) in [7, 11) is 0. The van der Waals surface area contributed by atoms with E-state index >= 15 is 0 Å². The number of carbonyl (C=O) groups excluding carboxylic acids is 2. The van der Waals surface area contributed by atoms with Gasteiger partial charge in [0.25, 0.3) is 0 Å². The second-order valence-corrected chi connectivity index (χ2v) is 4.91. The molecule has 0 aromatic carbocycles. The normalized spacial score (nSPS) is 26.8. The first kappa shape index (κ1) is 15.2. The van der Waals surface area contributed by atoms with Crippen molar-refractivity contribution in [3.05, 3.63) is 0 Å². The predicted octanol–water partition coefficient (Wildman–Crippen LogP) is 0.287. The van der Waals surface area contributed by atoms with E-state index in [1.165, 1.54) is 13.3 Å². The molecule has 2 atom stereocenters. The summed E-state index contributed by atoms with van der Waals surface area (Å²) in [5.74, 6) is 0.00745. The fourth-order valence-corrected chi connectivity index (χ4v) is 2.69. The molecule has 2 heterocycles. The summed E-state index contributed by atoms with van der Waals surface area (Å²) >= 11 is 0. The monoisotopic (exact) mass is 275 g/mol. The molecule has 2 saturated heterocycles. The number of hydrogen-bond acceptors (Lipinski definition) is 3. The molecule has 104 valence electrons. The van der Waals surface area contributed by atoms with Gasteiger partial charge in [0.1, 0.15) is 6.04 Å². The van der Waals surface area contributed by atoms with Crippen LogP contribution in [0.3, 0.4) is 0 Å². The lowest BCUT2D eigenvalue weighted by Gasteiger charge is -2.23. The zero-order chi connectivity index (χ0) is 12.3. The minimum absolute atomic E-state index is 0. The Labute approximate surface area is 114 Å². The number of nitrogens with one attached hydrogen (secondary N) is 2. The lowest BCUT2D eigenvalue weighted by atomic mass is 10.2. The van der Waals surface area contributed by atoms with Crippen molar-refractivity contribution in [3.8, 4) is 0 Å². The van der Waals surface area contributed by atoms with E-state index in [-0.39, 0.29) is 30.3 Å². The Morgan fingerprint density at radius 1 is 1.33 bits per heavy atom. The third kappa shape index (κ3) is 3.59. The van der Waals surface area contributed by atoms with Crippen LogP contribution in [0.25, 0.3) is 0 Å². The van der Waals surface area contributed by atoms with E-state index in [0.29, 0.717) is 12.6 Å². The van der Waals surface area contributed by atoms with Crippen LogP contribution in [-0.2, 0) is 9.59 Å². The molecule has 0 saturated carbocycles. The molecule has 2 aliphatic rings.